The predicted molar refractivity (Wildman–Crippen MR) is 109 cm³/mol. The lowest BCUT2D eigenvalue weighted by atomic mass is 9.74. The average molecular weight is 415 g/mol. The smallest absolute Gasteiger partial charge is 0.290 e. The number of rotatable bonds is 6. The second-order valence-corrected chi connectivity index (χ2v) is 8.34. The molecule has 3 aliphatic rings. The Morgan fingerprint density at radius 2 is 2.07 bits per heavy atom. The van der Waals surface area contributed by atoms with Crippen LogP contribution >= 0.6 is 0 Å². The van der Waals surface area contributed by atoms with Gasteiger partial charge in [0, 0.05) is 13.7 Å². The summed E-state index contributed by atoms with van der Waals surface area (Å²) < 4.78 is 16.9. The molecule has 4 rings (SSSR count). The number of carbonyl (C=O) groups excluding carboxylic acids is 2. The lowest BCUT2D eigenvalue weighted by Crippen LogP contribution is -2.41. The third-order valence-corrected chi connectivity index (χ3v) is 6.34. The number of hydrogen-bond acceptors (Lipinski definition) is 6. The summed E-state index contributed by atoms with van der Waals surface area (Å²) in [4.78, 5) is 28.5. The van der Waals surface area contributed by atoms with Crippen molar-refractivity contribution in [3.63, 3.8) is 0 Å². The van der Waals surface area contributed by atoms with Gasteiger partial charge in [0.05, 0.1) is 30.7 Å². The zero-order valence-corrected chi connectivity index (χ0v) is 17.7. The quantitative estimate of drug-likeness (QED) is 0.769. The van der Waals surface area contributed by atoms with Gasteiger partial charge < -0.3 is 24.2 Å². The van der Waals surface area contributed by atoms with Gasteiger partial charge in [0.25, 0.3) is 5.91 Å². The molecule has 2 heterocycles. The molecular weight excluding hydrogens is 386 g/mol. The Balaban J connectivity index is 1.77. The zero-order valence-electron chi connectivity index (χ0n) is 17.7. The number of fused-ring (bicyclic) bond motifs is 1. The Hall–Kier alpha value is -2.54. The van der Waals surface area contributed by atoms with Gasteiger partial charge in [-0.3, -0.25) is 9.59 Å². The fourth-order valence-electron chi connectivity index (χ4n) is 4.86. The van der Waals surface area contributed by atoms with E-state index in [1.54, 1.807) is 24.1 Å². The van der Waals surface area contributed by atoms with Crippen LogP contribution in [0.15, 0.2) is 29.5 Å². The van der Waals surface area contributed by atoms with Gasteiger partial charge in [-0.2, -0.15) is 0 Å². The molecule has 4 atom stereocenters. The molecule has 0 bridgehead atoms. The van der Waals surface area contributed by atoms with E-state index < -0.39 is 6.04 Å². The van der Waals surface area contributed by atoms with Crippen molar-refractivity contribution in [3.8, 4) is 11.5 Å². The van der Waals surface area contributed by atoms with E-state index in [-0.39, 0.29) is 35.2 Å². The number of hydrogen-bond donors (Lipinski definition) is 1. The molecule has 0 spiro atoms. The molecule has 2 aliphatic heterocycles. The van der Waals surface area contributed by atoms with Crippen LogP contribution in [0.5, 0.6) is 11.5 Å². The second-order valence-electron chi connectivity index (χ2n) is 8.34. The maximum absolute atomic E-state index is 13.6. The maximum atomic E-state index is 13.6. The number of carbonyl (C=O) groups is 2. The van der Waals surface area contributed by atoms with E-state index in [9.17, 15) is 14.7 Å². The predicted octanol–water partition coefficient (Wildman–Crippen LogP) is 2.98. The lowest BCUT2D eigenvalue weighted by molar-refractivity contribution is -0.136. The van der Waals surface area contributed by atoms with E-state index >= 15 is 0 Å². The standard InChI is InChI=1S/C23H29NO6/c1-4-29-18-12-14(6-7-16(18)25)20-19-21(26)15-11-13(2)5-8-17(15)30-22(19)23(27)24(20)9-10-28-3/h6-7,12-13,15,17,20,25H,4-5,8-11H2,1-3H3. The maximum Gasteiger partial charge on any atom is 0.290 e. The molecule has 1 N–H and O–H groups in total. The SMILES string of the molecule is CCOc1cc(C2C3=C(OC4CCC(C)CC4C3=O)C(=O)N2CCOC)ccc1O. The van der Waals surface area contributed by atoms with Gasteiger partial charge in [-0.15, -0.1) is 0 Å². The van der Waals surface area contributed by atoms with E-state index in [0.717, 1.165) is 19.3 Å². The van der Waals surface area contributed by atoms with Crippen molar-refractivity contribution >= 4 is 11.7 Å². The molecule has 1 amide bonds. The summed E-state index contributed by atoms with van der Waals surface area (Å²) in [6.07, 6.45) is 2.34. The van der Waals surface area contributed by atoms with Crippen molar-refractivity contribution in [2.75, 3.05) is 26.9 Å². The van der Waals surface area contributed by atoms with Crippen molar-refractivity contribution in [2.24, 2.45) is 11.8 Å². The molecule has 30 heavy (non-hydrogen) atoms. The van der Waals surface area contributed by atoms with Crippen LogP contribution in [-0.2, 0) is 19.1 Å². The number of benzene rings is 1. The molecule has 0 aromatic heterocycles. The zero-order chi connectivity index (χ0) is 21.4. The van der Waals surface area contributed by atoms with Crippen LogP contribution in [0.2, 0.25) is 0 Å². The largest absolute Gasteiger partial charge is 0.504 e. The first-order chi connectivity index (χ1) is 14.5. The average Bonchev–Trinajstić information content (AvgIpc) is 3.01. The Morgan fingerprint density at radius 1 is 1.27 bits per heavy atom. The number of aromatic hydroxyl groups is 1. The highest BCUT2D eigenvalue weighted by Gasteiger charge is 2.52. The number of phenols is 1. The van der Waals surface area contributed by atoms with Gasteiger partial charge >= 0.3 is 0 Å². The summed E-state index contributed by atoms with van der Waals surface area (Å²) in [7, 11) is 1.58. The molecule has 4 unspecified atom stereocenters. The highest BCUT2D eigenvalue weighted by atomic mass is 16.5. The molecule has 1 aromatic rings. The fourth-order valence-corrected chi connectivity index (χ4v) is 4.86. The van der Waals surface area contributed by atoms with Crippen LogP contribution in [0.25, 0.3) is 0 Å². The molecule has 1 aliphatic carbocycles. The van der Waals surface area contributed by atoms with Crippen molar-refractivity contribution in [1.29, 1.82) is 0 Å². The summed E-state index contributed by atoms with van der Waals surface area (Å²) in [5.41, 5.74) is 1.14. The first kappa shape index (κ1) is 20.7. The minimum Gasteiger partial charge on any atom is -0.504 e. The van der Waals surface area contributed by atoms with Crippen LogP contribution in [0, 0.1) is 11.8 Å². The number of nitrogens with zero attached hydrogens (tertiary/aromatic N) is 1. The highest BCUT2D eigenvalue weighted by molar-refractivity contribution is 6.11. The van der Waals surface area contributed by atoms with Gasteiger partial charge in [-0.05, 0) is 49.8 Å². The van der Waals surface area contributed by atoms with Gasteiger partial charge in [-0.1, -0.05) is 13.0 Å². The highest BCUT2D eigenvalue weighted by Crippen LogP contribution is 2.48. The number of amides is 1. The topological polar surface area (TPSA) is 85.3 Å². The molecular formula is C23H29NO6. The monoisotopic (exact) mass is 415 g/mol. The molecule has 7 nitrogen and oxygen atoms in total. The Morgan fingerprint density at radius 3 is 2.80 bits per heavy atom. The van der Waals surface area contributed by atoms with Crippen LogP contribution in [-0.4, -0.2) is 54.7 Å². The summed E-state index contributed by atoms with van der Waals surface area (Å²) >= 11 is 0. The molecule has 7 heteroatoms. The molecule has 1 saturated carbocycles. The summed E-state index contributed by atoms with van der Waals surface area (Å²) in [5, 5.41) is 10.1. The number of Topliss-reactive ketones (excluding diaryl/α,β-unsaturated/α-hetero) is 1. The molecule has 1 fully saturated rings. The minimum absolute atomic E-state index is 0.0112. The molecule has 162 valence electrons. The summed E-state index contributed by atoms with van der Waals surface area (Å²) in [5.74, 6) is 0.517. The van der Waals surface area contributed by atoms with E-state index in [4.69, 9.17) is 14.2 Å². The van der Waals surface area contributed by atoms with Gasteiger partial charge in [0.15, 0.2) is 23.0 Å². The first-order valence-electron chi connectivity index (χ1n) is 10.7. The Labute approximate surface area is 176 Å². The van der Waals surface area contributed by atoms with Crippen molar-refractivity contribution in [1.82, 2.24) is 4.90 Å². The Kier molecular flexibility index (Phi) is 5.73. The normalized spacial score (nSPS) is 28.3. The van der Waals surface area contributed by atoms with E-state index in [1.165, 1.54) is 6.07 Å². The van der Waals surface area contributed by atoms with Crippen molar-refractivity contribution < 1.29 is 28.9 Å². The molecule has 0 saturated heterocycles. The van der Waals surface area contributed by atoms with Crippen LogP contribution in [0.1, 0.15) is 44.7 Å². The van der Waals surface area contributed by atoms with Crippen LogP contribution < -0.4 is 4.74 Å². The second kappa shape index (κ2) is 8.30. The van der Waals surface area contributed by atoms with E-state index in [0.29, 0.717) is 42.6 Å². The van der Waals surface area contributed by atoms with Crippen LogP contribution in [0.4, 0.5) is 0 Å². The molecule has 0 radical (unpaired) electrons. The first-order valence-corrected chi connectivity index (χ1v) is 10.7. The number of ether oxygens (including phenoxy) is 3. The minimum atomic E-state index is -0.576. The third-order valence-electron chi connectivity index (χ3n) is 6.34. The van der Waals surface area contributed by atoms with Crippen molar-refractivity contribution in [3.05, 3.63) is 35.1 Å². The Bertz CT molecular complexity index is 878. The lowest BCUT2D eigenvalue weighted by Gasteiger charge is -2.37. The number of methoxy groups -OCH3 is 1. The van der Waals surface area contributed by atoms with Gasteiger partial charge in [0.2, 0.25) is 0 Å². The van der Waals surface area contributed by atoms with Gasteiger partial charge in [0.1, 0.15) is 6.10 Å². The van der Waals surface area contributed by atoms with Crippen LogP contribution in [0.3, 0.4) is 0 Å². The number of phenolic OH excluding ortho intramolecular Hbond substituents is 1. The van der Waals surface area contributed by atoms with E-state index in [1.807, 2.05) is 6.92 Å². The van der Waals surface area contributed by atoms with Gasteiger partial charge in [-0.25, -0.2) is 0 Å². The summed E-state index contributed by atoms with van der Waals surface area (Å²) in [6, 6.07) is 4.40. The third kappa shape index (κ3) is 3.45. The van der Waals surface area contributed by atoms with Crippen molar-refractivity contribution in [2.45, 2.75) is 45.3 Å². The number of ketones is 1. The summed E-state index contributed by atoms with van der Waals surface area (Å²) in [6.45, 7) is 5.06. The fraction of sp³-hybridized carbons (Fsp3) is 0.565. The molecule has 1 aromatic carbocycles. The van der Waals surface area contributed by atoms with E-state index in [2.05, 4.69) is 6.92 Å².